The molecule has 4 rings (SSSR count). The Morgan fingerprint density at radius 2 is 2.19 bits per heavy atom. The summed E-state index contributed by atoms with van der Waals surface area (Å²) in [4.78, 5) is 4.69. The number of nitrogens with zero attached hydrogens (tertiary/aromatic N) is 6. The molecule has 0 atom stereocenters. The molecule has 0 radical (unpaired) electrons. The van der Waals surface area contributed by atoms with Gasteiger partial charge in [-0.15, -0.1) is 0 Å². The van der Waals surface area contributed by atoms with Crippen LogP contribution in [0.5, 0.6) is 0 Å². The first-order chi connectivity index (χ1) is 10.2. The third-order valence-electron chi connectivity index (χ3n) is 3.34. The number of fused-ring (bicyclic) bond motifs is 1. The summed E-state index contributed by atoms with van der Waals surface area (Å²) in [5.41, 5.74) is 9.84. The average Bonchev–Trinajstić information content (AvgIpc) is 3.19. The Morgan fingerprint density at radius 1 is 1.29 bits per heavy atom. The van der Waals surface area contributed by atoms with Gasteiger partial charge in [-0.1, -0.05) is 0 Å². The van der Waals surface area contributed by atoms with Crippen LogP contribution in [0.1, 0.15) is 0 Å². The third-order valence-corrected chi connectivity index (χ3v) is 3.34. The van der Waals surface area contributed by atoms with Crippen LogP contribution in [0.2, 0.25) is 0 Å². The SMILES string of the molecule is Cn1nc(-c2cn3nccc3c(-c3cn[nH]c3)n2)cc1N. The first-order valence-corrected chi connectivity index (χ1v) is 6.36. The van der Waals surface area contributed by atoms with E-state index in [1.54, 1.807) is 40.9 Å². The van der Waals surface area contributed by atoms with Crippen molar-refractivity contribution < 1.29 is 0 Å². The average molecular weight is 280 g/mol. The maximum absolute atomic E-state index is 5.84. The van der Waals surface area contributed by atoms with E-state index in [9.17, 15) is 0 Å². The van der Waals surface area contributed by atoms with Gasteiger partial charge in [-0.2, -0.15) is 15.3 Å². The fraction of sp³-hybridized carbons (Fsp3) is 0.0769. The van der Waals surface area contributed by atoms with Crippen LogP contribution in [0.4, 0.5) is 5.82 Å². The fourth-order valence-corrected chi connectivity index (χ4v) is 2.25. The van der Waals surface area contributed by atoms with Crippen molar-refractivity contribution in [2.45, 2.75) is 0 Å². The summed E-state index contributed by atoms with van der Waals surface area (Å²) in [5.74, 6) is 0.581. The standard InChI is InChI=1S/C13H12N8/c1-20-12(14)4-9(19-20)10-7-21-11(2-3-17-21)13(18-10)8-5-15-16-6-8/h2-7H,14H2,1H3,(H,15,16). The quantitative estimate of drug-likeness (QED) is 0.572. The van der Waals surface area contributed by atoms with Crippen molar-refractivity contribution in [3.8, 4) is 22.6 Å². The zero-order valence-electron chi connectivity index (χ0n) is 11.2. The minimum atomic E-state index is 0.581. The molecule has 0 aliphatic heterocycles. The van der Waals surface area contributed by atoms with Crippen LogP contribution in [0.3, 0.4) is 0 Å². The molecule has 0 amide bonds. The van der Waals surface area contributed by atoms with Crippen molar-refractivity contribution in [2.24, 2.45) is 7.05 Å². The number of aryl methyl sites for hydroxylation is 1. The number of anilines is 1. The summed E-state index contributed by atoms with van der Waals surface area (Å²) >= 11 is 0. The van der Waals surface area contributed by atoms with Crippen molar-refractivity contribution in [3.05, 3.63) is 36.9 Å². The van der Waals surface area contributed by atoms with Gasteiger partial charge in [0.05, 0.1) is 29.8 Å². The molecule has 4 aromatic heterocycles. The van der Waals surface area contributed by atoms with Crippen LogP contribution < -0.4 is 5.73 Å². The number of rotatable bonds is 2. The zero-order valence-corrected chi connectivity index (χ0v) is 11.2. The topological polar surface area (TPSA) is 103 Å². The molecular formula is C13H12N8. The van der Waals surface area contributed by atoms with E-state index < -0.39 is 0 Å². The molecule has 0 saturated carbocycles. The van der Waals surface area contributed by atoms with Crippen LogP contribution in [-0.4, -0.2) is 34.6 Å². The van der Waals surface area contributed by atoms with Crippen LogP contribution in [0.25, 0.3) is 28.2 Å². The number of aromatic nitrogens is 7. The molecule has 0 spiro atoms. The van der Waals surface area contributed by atoms with Crippen LogP contribution in [-0.2, 0) is 7.05 Å². The lowest BCUT2D eigenvalue weighted by Crippen LogP contribution is -1.98. The summed E-state index contributed by atoms with van der Waals surface area (Å²) in [5, 5.41) is 15.4. The lowest BCUT2D eigenvalue weighted by molar-refractivity contribution is 0.780. The smallest absolute Gasteiger partial charge is 0.122 e. The van der Waals surface area contributed by atoms with Gasteiger partial charge in [-0.05, 0) is 6.07 Å². The Balaban J connectivity index is 1.99. The fourth-order valence-electron chi connectivity index (χ4n) is 2.25. The molecule has 0 aliphatic rings. The van der Waals surface area contributed by atoms with Gasteiger partial charge in [-0.25, -0.2) is 9.50 Å². The van der Waals surface area contributed by atoms with Gasteiger partial charge in [-0.3, -0.25) is 9.78 Å². The van der Waals surface area contributed by atoms with Gasteiger partial charge in [0.2, 0.25) is 0 Å². The van der Waals surface area contributed by atoms with Gasteiger partial charge < -0.3 is 5.73 Å². The highest BCUT2D eigenvalue weighted by molar-refractivity contribution is 5.78. The van der Waals surface area contributed by atoms with Gasteiger partial charge >= 0.3 is 0 Å². The molecular weight excluding hydrogens is 268 g/mol. The molecule has 21 heavy (non-hydrogen) atoms. The lowest BCUT2D eigenvalue weighted by atomic mass is 10.2. The zero-order chi connectivity index (χ0) is 14.4. The van der Waals surface area contributed by atoms with E-state index in [2.05, 4.69) is 25.4 Å². The first kappa shape index (κ1) is 11.6. The van der Waals surface area contributed by atoms with E-state index in [0.29, 0.717) is 17.2 Å². The Bertz CT molecular complexity index is 896. The summed E-state index contributed by atoms with van der Waals surface area (Å²) in [6, 6.07) is 3.70. The van der Waals surface area contributed by atoms with Gasteiger partial charge in [0.15, 0.2) is 0 Å². The summed E-state index contributed by atoms with van der Waals surface area (Å²) in [6.07, 6.45) is 7.09. The molecule has 0 saturated heterocycles. The van der Waals surface area contributed by atoms with Gasteiger partial charge in [0, 0.05) is 24.9 Å². The molecule has 0 aliphatic carbocycles. The van der Waals surface area contributed by atoms with Crippen molar-refractivity contribution in [3.63, 3.8) is 0 Å². The Hall–Kier alpha value is -3.16. The number of hydrogen-bond acceptors (Lipinski definition) is 5. The highest BCUT2D eigenvalue weighted by Gasteiger charge is 2.13. The monoisotopic (exact) mass is 280 g/mol. The van der Waals surface area contributed by atoms with Crippen molar-refractivity contribution in [1.29, 1.82) is 0 Å². The van der Waals surface area contributed by atoms with Crippen molar-refractivity contribution >= 4 is 11.3 Å². The van der Waals surface area contributed by atoms with E-state index in [4.69, 9.17) is 5.73 Å². The Morgan fingerprint density at radius 3 is 2.90 bits per heavy atom. The molecule has 104 valence electrons. The maximum atomic E-state index is 5.84. The van der Waals surface area contributed by atoms with Crippen molar-refractivity contribution in [2.75, 3.05) is 5.73 Å². The number of aromatic amines is 1. The summed E-state index contributed by atoms with van der Waals surface area (Å²) < 4.78 is 3.39. The largest absolute Gasteiger partial charge is 0.384 e. The molecule has 0 unspecified atom stereocenters. The second kappa shape index (κ2) is 4.17. The maximum Gasteiger partial charge on any atom is 0.122 e. The second-order valence-corrected chi connectivity index (χ2v) is 4.70. The van der Waals surface area contributed by atoms with Crippen LogP contribution in [0.15, 0.2) is 36.9 Å². The van der Waals surface area contributed by atoms with Crippen LogP contribution >= 0.6 is 0 Å². The summed E-state index contributed by atoms with van der Waals surface area (Å²) in [7, 11) is 1.79. The summed E-state index contributed by atoms with van der Waals surface area (Å²) in [6.45, 7) is 0. The minimum absolute atomic E-state index is 0.581. The molecule has 4 aromatic rings. The lowest BCUT2D eigenvalue weighted by Gasteiger charge is -2.04. The highest BCUT2D eigenvalue weighted by atomic mass is 15.3. The molecule has 0 aromatic carbocycles. The predicted octanol–water partition coefficient (Wildman–Crippen LogP) is 1.10. The number of hydrogen-bond donors (Lipinski definition) is 2. The molecule has 8 heteroatoms. The Labute approximate surface area is 119 Å². The number of nitrogen functional groups attached to an aromatic ring is 1. The predicted molar refractivity (Wildman–Crippen MR) is 77.2 cm³/mol. The molecule has 0 bridgehead atoms. The molecule has 8 nitrogen and oxygen atoms in total. The molecule has 0 fully saturated rings. The normalized spacial score (nSPS) is 11.3. The van der Waals surface area contributed by atoms with Crippen molar-refractivity contribution in [1.82, 2.24) is 34.6 Å². The van der Waals surface area contributed by atoms with Crippen LogP contribution in [0, 0.1) is 0 Å². The van der Waals surface area contributed by atoms with E-state index in [1.807, 2.05) is 12.3 Å². The van der Waals surface area contributed by atoms with E-state index in [1.165, 1.54) is 0 Å². The minimum Gasteiger partial charge on any atom is -0.384 e. The Kier molecular flexibility index (Phi) is 2.31. The molecule has 3 N–H and O–H groups in total. The van der Waals surface area contributed by atoms with Gasteiger partial charge in [0.1, 0.15) is 17.2 Å². The van der Waals surface area contributed by atoms with E-state index in [-0.39, 0.29) is 0 Å². The number of nitrogens with one attached hydrogen (secondary N) is 1. The molecule has 4 heterocycles. The first-order valence-electron chi connectivity index (χ1n) is 6.36. The second-order valence-electron chi connectivity index (χ2n) is 4.70. The number of H-pyrrole nitrogens is 1. The van der Waals surface area contributed by atoms with Gasteiger partial charge in [0.25, 0.3) is 0 Å². The third kappa shape index (κ3) is 1.76. The number of nitrogens with two attached hydrogens (primary N) is 1. The van der Waals surface area contributed by atoms with E-state index >= 15 is 0 Å². The highest BCUT2D eigenvalue weighted by Crippen LogP contribution is 2.26. The van der Waals surface area contributed by atoms with E-state index in [0.717, 1.165) is 16.8 Å².